The third-order valence-electron chi connectivity index (χ3n) is 4.68. The summed E-state index contributed by atoms with van der Waals surface area (Å²) in [6, 6.07) is 13.1. The van der Waals surface area contributed by atoms with Crippen LogP contribution in [-0.4, -0.2) is 19.5 Å². The van der Waals surface area contributed by atoms with Gasteiger partial charge in [-0.2, -0.15) is 4.98 Å². The van der Waals surface area contributed by atoms with Crippen molar-refractivity contribution in [1.29, 1.82) is 0 Å². The molecule has 152 valence electrons. The number of nitrogens with zero attached hydrogens (tertiary/aromatic N) is 4. The minimum Gasteiger partial charge on any atom is -0.368 e. The molecule has 0 aliphatic carbocycles. The highest BCUT2D eigenvalue weighted by Crippen LogP contribution is 2.26. The molecule has 0 saturated carbocycles. The van der Waals surface area contributed by atoms with E-state index in [4.69, 9.17) is 5.73 Å². The predicted molar refractivity (Wildman–Crippen MR) is 123 cm³/mol. The number of anilines is 2. The number of hydrogen-bond acceptors (Lipinski definition) is 6. The molecule has 4 rings (SSSR count). The van der Waals surface area contributed by atoms with E-state index in [1.54, 1.807) is 30.5 Å². The zero-order chi connectivity index (χ0) is 21.3. The van der Waals surface area contributed by atoms with Crippen molar-refractivity contribution in [1.82, 2.24) is 19.5 Å². The van der Waals surface area contributed by atoms with Crippen molar-refractivity contribution in [2.75, 3.05) is 11.1 Å². The lowest BCUT2D eigenvalue weighted by molar-refractivity contribution is 0.630. The molecule has 4 aromatic rings. The van der Waals surface area contributed by atoms with Crippen molar-refractivity contribution in [2.45, 2.75) is 19.4 Å². The van der Waals surface area contributed by atoms with E-state index >= 15 is 0 Å². The summed E-state index contributed by atoms with van der Waals surface area (Å²) in [4.78, 5) is 26.3. The van der Waals surface area contributed by atoms with E-state index in [-0.39, 0.29) is 17.4 Å². The van der Waals surface area contributed by atoms with E-state index in [0.717, 1.165) is 3.57 Å². The Morgan fingerprint density at radius 3 is 2.67 bits per heavy atom. The van der Waals surface area contributed by atoms with Crippen LogP contribution in [0.4, 0.5) is 16.2 Å². The molecule has 0 aliphatic heterocycles. The molecule has 1 unspecified atom stereocenters. The van der Waals surface area contributed by atoms with Gasteiger partial charge < -0.3 is 11.1 Å². The largest absolute Gasteiger partial charge is 0.368 e. The van der Waals surface area contributed by atoms with E-state index < -0.39 is 11.4 Å². The van der Waals surface area contributed by atoms with E-state index in [2.05, 4.69) is 42.9 Å². The van der Waals surface area contributed by atoms with Crippen LogP contribution in [0, 0.1) is 9.39 Å². The Hall–Kier alpha value is -3.08. The highest BCUT2D eigenvalue weighted by atomic mass is 127. The summed E-state index contributed by atoms with van der Waals surface area (Å²) in [7, 11) is 0. The van der Waals surface area contributed by atoms with Gasteiger partial charge in [-0.1, -0.05) is 31.2 Å². The quantitative estimate of drug-likeness (QED) is 0.389. The summed E-state index contributed by atoms with van der Waals surface area (Å²) in [5.74, 6) is 0.546. The minimum absolute atomic E-state index is 0.0409. The predicted octanol–water partition coefficient (Wildman–Crippen LogP) is 4.06. The highest BCUT2D eigenvalue weighted by Gasteiger charge is 2.22. The number of fused-ring (bicyclic) bond motifs is 1. The molecule has 0 radical (unpaired) electrons. The standard InChI is InChI=1S/C21H18FIN6O/c1-2-15(26-18-14(23)11-25-21(24)28-18)19-27-16-10-6-9-13(22)17(16)20(30)29(19)12-7-4-3-5-8-12/h3-11,15H,2H2,1H3,(H3,24,25,26,28). The van der Waals surface area contributed by atoms with Gasteiger partial charge in [0.15, 0.2) is 0 Å². The van der Waals surface area contributed by atoms with Gasteiger partial charge in [-0.25, -0.2) is 14.4 Å². The normalized spacial score (nSPS) is 12.1. The number of para-hydroxylation sites is 1. The fraction of sp³-hybridized carbons (Fsp3) is 0.143. The number of nitrogens with two attached hydrogens (primary N) is 1. The second-order valence-corrected chi connectivity index (χ2v) is 7.77. The van der Waals surface area contributed by atoms with E-state index in [9.17, 15) is 9.18 Å². The van der Waals surface area contributed by atoms with Crippen LogP contribution >= 0.6 is 22.6 Å². The van der Waals surface area contributed by atoms with E-state index in [1.165, 1.54) is 10.6 Å². The molecule has 1 atom stereocenters. The lowest BCUT2D eigenvalue weighted by Crippen LogP contribution is -2.29. The summed E-state index contributed by atoms with van der Waals surface area (Å²) >= 11 is 2.11. The van der Waals surface area contributed by atoms with E-state index in [1.807, 2.05) is 25.1 Å². The fourth-order valence-electron chi connectivity index (χ4n) is 3.26. The topological polar surface area (TPSA) is 98.7 Å². The first-order valence-electron chi connectivity index (χ1n) is 9.30. The Morgan fingerprint density at radius 1 is 1.17 bits per heavy atom. The molecular weight excluding hydrogens is 498 g/mol. The molecule has 0 spiro atoms. The van der Waals surface area contributed by atoms with Crippen molar-refractivity contribution >= 4 is 45.3 Å². The van der Waals surface area contributed by atoms with Crippen LogP contribution in [0.3, 0.4) is 0 Å². The molecule has 2 aromatic heterocycles. The molecule has 30 heavy (non-hydrogen) atoms. The van der Waals surface area contributed by atoms with Gasteiger partial charge in [0.05, 0.1) is 20.8 Å². The van der Waals surface area contributed by atoms with Crippen LogP contribution in [-0.2, 0) is 0 Å². The van der Waals surface area contributed by atoms with Crippen molar-refractivity contribution in [2.24, 2.45) is 0 Å². The Morgan fingerprint density at radius 2 is 1.93 bits per heavy atom. The second-order valence-electron chi connectivity index (χ2n) is 6.61. The third kappa shape index (κ3) is 3.72. The van der Waals surface area contributed by atoms with Crippen LogP contribution < -0.4 is 16.6 Å². The molecule has 2 heterocycles. The third-order valence-corrected chi connectivity index (χ3v) is 5.47. The molecule has 7 nitrogen and oxygen atoms in total. The summed E-state index contributed by atoms with van der Waals surface area (Å²) < 4.78 is 16.7. The van der Waals surface area contributed by atoms with Crippen LogP contribution in [0.15, 0.2) is 59.5 Å². The number of halogens is 2. The molecule has 9 heteroatoms. The maximum atomic E-state index is 14.5. The Balaban J connectivity index is 1.96. The molecule has 0 aliphatic rings. The van der Waals surface area contributed by atoms with Crippen LogP contribution in [0.5, 0.6) is 0 Å². The summed E-state index contributed by atoms with van der Waals surface area (Å²) in [5, 5.41) is 3.28. The average molecular weight is 516 g/mol. The van der Waals surface area contributed by atoms with Gasteiger partial charge in [-0.05, 0) is 53.3 Å². The van der Waals surface area contributed by atoms with Gasteiger partial charge in [0, 0.05) is 6.20 Å². The molecule has 3 N–H and O–H groups in total. The van der Waals surface area contributed by atoms with Gasteiger partial charge in [-0.3, -0.25) is 9.36 Å². The minimum atomic E-state index is -0.597. The van der Waals surface area contributed by atoms with Crippen molar-refractivity contribution in [3.63, 3.8) is 0 Å². The molecule has 0 amide bonds. The van der Waals surface area contributed by atoms with Gasteiger partial charge >= 0.3 is 0 Å². The lowest BCUT2D eigenvalue weighted by atomic mass is 10.1. The second kappa shape index (κ2) is 8.34. The van der Waals surface area contributed by atoms with Crippen LogP contribution in [0.2, 0.25) is 0 Å². The Kier molecular flexibility index (Phi) is 5.62. The van der Waals surface area contributed by atoms with Gasteiger partial charge in [0.1, 0.15) is 22.8 Å². The summed E-state index contributed by atoms with van der Waals surface area (Å²) in [5.41, 5.74) is 6.19. The molecule has 0 saturated heterocycles. The van der Waals surface area contributed by atoms with Gasteiger partial charge in [0.2, 0.25) is 5.95 Å². The molecular formula is C21H18FIN6O. The maximum absolute atomic E-state index is 14.5. The number of nitrogens with one attached hydrogen (secondary N) is 1. The number of nitrogen functional groups attached to an aromatic ring is 1. The molecule has 2 aromatic carbocycles. The Labute approximate surface area is 185 Å². The number of hydrogen-bond donors (Lipinski definition) is 2. The average Bonchev–Trinajstić information content (AvgIpc) is 2.74. The number of benzene rings is 2. The highest BCUT2D eigenvalue weighted by molar-refractivity contribution is 14.1. The molecule has 0 bridgehead atoms. The van der Waals surface area contributed by atoms with Crippen LogP contribution in [0.25, 0.3) is 16.6 Å². The zero-order valence-corrected chi connectivity index (χ0v) is 18.2. The Bertz CT molecular complexity index is 1280. The fourth-order valence-corrected chi connectivity index (χ4v) is 3.68. The first kappa shape index (κ1) is 20.2. The zero-order valence-electron chi connectivity index (χ0n) is 16.0. The first-order valence-corrected chi connectivity index (χ1v) is 10.4. The summed E-state index contributed by atoms with van der Waals surface area (Å²) in [6.07, 6.45) is 2.21. The molecule has 0 fully saturated rings. The van der Waals surface area contributed by atoms with Crippen molar-refractivity contribution in [3.05, 3.63) is 80.3 Å². The summed E-state index contributed by atoms with van der Waals surface area (Å²) in [6.45, 7) is 1.96. The van der Waals surface area contributed by atoms with E-state index in [0.29, 0.717) is 29.3 Å². The van der Waals surface area contributed by atoms with Crippen LogP contribution in [0.1, 0.15) is 25.2 Å². The van der Waals surface area contributed by atoms with Gasteiger partial charge in [0.25, 0.3) is 5.56 Å². The van der Waals surface area contributed by atoms with Crippen molar-refractivity contribution < 1.29 is 4.39 Å². The SMILES string of the molecule is CCC(Nc1nc(N)ncc1I)c1nc2cccc(F)c2c(=O)n1-c1ccccc1. The lowest BCUT2D eigenvalue weighted by Gasteiger charge is -2.22. The number of rotatable bonds is 5. The maximum Gasteiger partial charge on any atom is 0.269 e. The smallest absolute Gasteiger partial charge is 0.269 e. The van der Waals surface area contributed by atoms with Crippen molar-refractivity contribution in [3.8, 4) is 5.69 Å². The number of aromatic nitrogens is 4. The van der Waals surface area contributed by atoms with Gasteiger partial charge in [-0.15, -0.1) is 0 Å². The first-order chi connectivity index (χ1) is 14.5. The monoisotopic (exact) mass is 516 g/mol.